The molecule has 3 nitrogen and oxygen atoms in total. The van der Waals surface area contributed by atoms with E-state index in [0.717, 1.165) is 12.5 Å². The van der Waals surface area contributed by atoms with Crippen LogP contribution < -0.4 is 10.6 Å². The summed E-state index contributed by atoms with van der Waals surface area (Å²) in [5, 5.41) is 5.88. The molecular formula is C14H20N2O. The van der Waals surface area contributed by atoms with Crippen molar-refractivity contribution in [1.29, 1.82) is 0 Å². The fourth-order valence-electron chi connectivity index (χ4n) is 1.96. The van der Waals surface area contributed by atoms with Gasteiger partial charge in [-0.25, -0.2) is 4.79 Å². The molecule has 17 heavy (non-hydrogen) atoms. The van der Waals surface area contributed by atoms with Crippen molar-refractivity contribution in [1.82, 2.24) is 10.6 Å². The van der Waals surface area contributed by atoms with Crippen LogP contribution in [0.3, 0.4) is 0 Å². The first-order chi connectivity index (χ1) is 8.16. The Kier molecular flexibility index (Phi) is 3.67. The van der Waals surface area contributed by atoms with Crippen LogP contribution >= 0.6 is 0 Å². The second-order valence-corrected chi connectivity index (χ2v) is 4.88. The molecule has 0 heterocycles. The Hall–Kier alpha value is -1.51. The second kappa shape index (κ2) is 5.21. The van der Waals surface area contributed by atoms with Crippen LogP contribution in [0.1, 0.15) is 36.9 Å². The maximum atomic E-state index is 11.6. The van der Waals surface area contributed by atoms with Crippen LogP contribution in [0, 0.1) is 12.8 Å². The first-order valence-electron chi connectivity index (χ1n) is 6.26. The Labute approximate surface area is 103 Å². The standard InChI is InChI=1S/C14H20N2O/c1-10-5-3-4-6-13(10)11(2)16-14(17)15-9-12-7-8-12/h3-6,11-12H,7-9H2,1-2H3,(H2,15,16,17)/t11-/m0/s1. The van der Waals surface area contributed by atoms with Crippen molar-refractivity contribution in [2.24, 2.45) is 5.92 Å². The van der Waals surface area contributed by atoms with Gasteiger partial charge < -0.3 is 10.6 Å². The van der Waals surface area contributed by atoms with E-state index in [1.807, 2.05) is 19.1 Å². The summed E-state index contributed by atoms with van der Waals surface area (Å²) in [5.41, 5.74) is 2.39. The average Bonchev–Trinajstić information content (AvgIpc) is 3.10. The highest BCUT2D eigenvalue weighted by Gasteiger charge is 2.21. The third-order valence-electron chi connectivity index (χ3n) is 3.25. The van der Waals surface area contributed by atoms with E-state index in [4.69, 9.17) is 0 Å². The number of hydrogen-bond acceptors (Lipinski definition) is 1. The molecule has 1 saturated carbocycles. The SMILES string of the molecule is Cc1ccccc1[C@H](C)NC(=O)NCC1CC1. The summed E-state index contributed by atoms with van der Waals surface area (Å²) in [5.74, 6) is 0.717. The Morgan fingerprint density at radius 3 is 2.76 bits per heavy atom. The van der Waals surface area contributed by atoms with E-state index in [2.05, 4.69) is 29.7 Å². The molecule has 2 amide bonds. The number of urea groups is 1. The monoisotopic (exact) mass is 232 g/mol. The number of hydrogen-bond donors (Lipinski definition) is 2. The summed E-state index contributed by atoms with van der Waals surface area (Å²) < 4.78 is 0. The fourth-order valence-corrected chi connectivity index (χ4v) is 1.96. The molecule has 1 aromatic carbocycles. The average molecular weight is 232 g/mol. The minimum absolute atomic E-state index is 0.0513. The largest absolute Gasteiger partial charge is 0.338 e. The van der Waals surface area contributed by atoms with Crippen LogP contribution in [0.2, 0.25) is 0 Å². The quantitative estimate of drug-likeness (QED) is 0.823. The Morgan fingerprint density at radius 1 is 1.41 bits per heavy atom. The summed E-state index contributed by atoms with van der Waals surface area (Å²) in [4.78, 5) is 11.6. The summed E-state index contributed by atoms with van der Waals surface area (Å²) in [6, 6.07) is 8.13. The molecule has 0 spiro atoms. The summed E-state index contributed by atoms with van der Waals surface area (Å²) in [7, 11) is 0. The topological polar surface area (TPSA) is 41.1 Å². The van der Waals surface area contributed by atoms with Gasteiger partial charge in [0.1, 0.15) is 0 Å². The molecule has 1 fully saturated rings. The lowest BCUT2D eigenvalue weighted by Gasteiger charge is -2.17. The molecular weight excluding hydrogens is 212 g/mol. The molecule has 1 aliphatic rings. The van der Waals surface area contributed by atoms with Crippen molar-refractivity contribution in [3.8, 4) is 0 Å². The van der Waals surface area contributed by atoms with E-state index >= 15 is 0 Å². The Bertz CT molecular complexity index is 399. The molecule has 0 unspecified atom stereocenters. The molecule has 0 aromatic heterocycles. The molecule has 0 bridgehead atoms. The Balaban J connectivity index is 1.85. The van der Waals surface area contributed by atoms with Crippen molar-refractivity contribution in [3.05, 3.63) is 35.4 Å². The van der Waals surface area contributed by atoms with Crippen LogP contribution in [0.15, 0.2) is 24.3 Å². The van der Waals surface area contributed by atoms with Crippen LogP contribution in [0.5, 0.6) is 0 Å². The molecule has 2 rings (SSSR count). The number of aryl methyl sites for hydroxylation is 1. The maximum Gasteiger partial charge on any atom is 0.315 e. The van der Waals surface area contributed by atoms with Crippen LogP contribution in [-0.4, -0.2) is 12.6 Å². The van der Waals surface area contributed by atoms with Crippen molar-refractivity contribution < 1.29 is 4.79 Å². The smallest absolute Gasteiger partial charge is 0.315 e. The van der Waals surface area contributed by atoms with Gasteiger partial charge >= 0.3 is 6.03 Å². The minimum atomic E-state index is -0.0624. The maximum absolute atomic E-state index is 11.6. The summed E-state index contributed by atoms with van der Waals surface area (Å²) in [6.07, 6.45) is 2.52. The number of benzene rings is 1. The predicted octanol–water partition coefficient (Wildman–Crippen LogP) is 2.77. The van der Waals surface area contributed by atoms with Crippen molar-refractivity contribution >= 4 is 6.03 Å². The number of nitrogens with one attached hydrogen (secondary N) is 2. The number of carbonyl (C=O) groups excluding carboxylic acids is 1. The third kappa shape index (κ3) is 3.48. The van der Waals surface area contributed by atoms with E-state index in [9.17, 15) is 4.79 Å². The lowest BCUT2D eigenvalue weighted by Crippen LogP contribution is -2.38. The van der Waals surface area contributed by atoms with Gasteiger partial charge in [0.25, 0.3) is 0 Å². The van der Waals surface area contributed by atoms with Crippen LogP contribution in [0.25, 0.3) is 0 Å². The van der Waals surface area contributed by atoms with Crippen LogP contribution in [-0.2, 0) is 0 Å². The lowest BCUT2D eigenvalue weighted by atomic mass is 10.0. The highest BCUT2D eigenvalue weighted by Crippen LogP contribution is 2.27. The first kappa shape index (κ1) is 12.0. The van der Waals surface area contributed by atoms with E-state index in [1.54, 1.807) is 0 Å². The molecule has 0 aliphatic heterocycles. The summed E-state index contributed by atoms with van der Waals surface area (Å²) >= 11 is 0. The number of carbonyl (C=O) groups is 1. The second-order valence-electron chi connectivity index (χ2n) is 4.88. The van der Waals surface area contributed by atoms with E-state index in [0.29, 0.717) is 0 Å². The van der Waals surface area contributed by atoms with E-state index in [1.165, 1.54) is 24.0 Å². The molecule has 2 N–H and O–H groups in total. The van der Waals surface area contributed by atoms with E-state index in [-0.39, 0.29) is 12.1 Å². The van der Waals surface area contributed by atoms with Gasteiger partial charge in [-0.3, -0.25) is 0 Å². The van der Waals surface area contributed by atoms with Gasteiger partial charge in [0.05, 0.1) is 6.04 Å². The van der Waals surface area contributed by atoms with Crippen molar-refractivity contribution in [3.63, 3.8) is 0 Å². The zero-order valence-electron chi connectivity index (χ0n) is 10.5. The first-order valence-corrected chi connectivity index (χ1v) is 6.26. The molecule has 3 heteroatoms. The third-order valence-corrected chi connectivity index (χ3v) is 3.25. The minimum Gasteiger partial charge on any atom is -0.338 e. The molecule has 1 atom stereocenters. The van der Waals surface area contributed by atoms with Gasteiger partial charge in [0, 0.05) is 6.54 Å². The van der Waals surface area contributed by atoms with E-state index < -0.39 is 0 Å². The number of rotatable bonds is 4. The van der Waals surface area contributed by atoms with Gasteiger partial charge in [0.15, 0.2) is 0 Å². The predicted molar refractivity (Wildman–Crippen MR) is 68.9 cm³/mol. The molecule has 0 radical (unpaired) electrons. The molecule has 1 aliphatic carbocycles. The van der Waals surface area contributed by atoms with Gasteiger partial charge in [-0.2, -0.15) is 0 Å². The zero-order chi connectivity index (χ0) is 12.3. The highest BCUT2D eigenvalue weighted by atomic mass is 16.2. The van der Waals surface area contributed by atoms with Gasteiger partial charge in [0.2, 0.25) is 0 Å². The van der Waals surface area contributed by atoms with Gasteiger partial charge in [-0.1, -0.05) is 24.3 Å². The lowest BCUT2D eigenvalue weighted by molar-refractivity contribution is 0.237. The molecule has 92 valence electrons. The zero-order valence-corrected chi connectivity index (χ0v) is 10.5. The van der Waals surface area contributed by atoms with Crippen molar-refractivity contribution in [2.45, 2.75) is 32.7 Å². The molecule has 0 saturated heterocycles. The molecule has 1 aromatic rings. The Morgan fingerprint density at radius 2 is 2.12 bits per heavy atom. The van der Waals surface area contributed by atoms with Gasteiger partial charge in [-0.15, -0.1) is 0 Å². The highest BCUT2D eigenvalue weighted by molar-refractivity contribution is 5.74. The van der Waals surface area contributed by atoms with Gasteiger partial charge in [-0.05, 0) is 43.7 Å². The fraction of sp³-hybridized carbons (Fsp3) is 0.500. The van der Waals surface area contributed by atoms with Crippen molar-refractivity contribution in [2.75, 3.05) is 6.54 Å². The van der Waals surface area contributed by atoms with Crippen LogP contribution in [0.4, 0.5) is 4.79 Å². The number of amides is 2. The summed E-state index contributed by atoms with van der Waals surface area (Å²) in [6.45, 7) is 4.89. The normalized spacial score (nSPS) is 16.4.